The zero-order valence-electron chi connectivity index (χ0n) is 16.5. The monoisotopic (exact) mass is 398 g/mol. The van der Waals surface area contributed by atoms with Crippen LogP contribution in [0.4, 0.5) is 4.39 Å². The van der Waals surface area contributed by atoms with E-state index in [9.17, 15) is 12.8 Å². The quantitative estimate of drug-likeness (QED) is 0.536. The first-order chi connectivity index (χ1) is 12.7. The van der Waals surface area contributed by atoms with Crippen molar-refractivity contribution in [2.45, 2.75) is 26.2 Å². The molecule has 0 bridgehead atoms. The highest BCUT2D eigenvalue weighted by Gasteiger charge is 2.22. The summed E-state index contributed by atoms with van der Waals surface area (Å²) in [7, 11) is -2.84. The number of rotatable bonds is 7. The van der Waals surface area contributed by atoms with E-state index in [0.29, 0.717) is 32.1 Å². The number of sulfone groups is 1. The summed E-state index contributed by atoms with van der Waals surface area (Å²) in [6.45, 7) is 9.99. The number of hydrogen-bond donors (Lipinski definition) is 2. The van der Waals surface area contributed by atoms with E-state index < -0.39 is 9.84 Å². The summed E-state index contributed by atoms with van der Waals surface area (Å²) in [5, 5.41) is 6.52. The SMILES string of the molecule is CCNC(=NCC(C)(C)c1cccc(F)c1)NCCN1CCS(=O)(=O)CC1. The molecule has 2 rings (SSSR count). The minimum absolute atomic E-state index is 0.238. The van der Waals surface area contributed by atoms with E-state index in [1.54, 1.807) is 12.1 Å². The van der Waals surface area contributed by atoms with Gasteiger partial charge in [-0.15, -0.1) is 0 Å². The Bertz CT molecular complexity index is 736. The number of nitrogens with zero attached hydrogens (tertiary/aromatic N) is 2. The molecule has 1 aromatic carbocycles. The lowest BCUT2D eigenvalue weighted by Crippen LogP contribution is -2.46. The summed E-state index contributed by atoms with van der Waals surface area (Å²) < 4.78 is 36.5. The second-order valence-electron chi connectivity index (χ2n) is 7.51. The normalized spacial score (nSPS) is 18.3. The second-order valence-corrected chi connectivity index (χ2v) is 9.81. The van der Waals surface area contributed by atoms with Crippen molar-refractivity contribution >= 4 is 15.8 Å². The van der Waals surface area contributed by atoms with E-state index in [4.69, 9.17) is 0 Å². The Hall–Kier alpha value is -1.67. The summed E-state index contributed by atoms with van der Waals surface area (Å²) in [6, 6.07) is 6.64. The van der Waals surface area contributed by atoms with Gasteiger partial charge in [-0.25, -0.2) is 12.8 Å². The first-order valence-corrected chi connectivity index (χ1v) is 11.2. The highest BCUT2D eigenvalue weighted by atomic mass is 32.2. The van der Waals surface area contributed by atoms with Gasteiger partial charge in [-0.05, 0) is 24.6 Å². The predicted molar refractivity (Wildman–Crippen MR) is 109 cm³/mol. The number of aliphatic imine (C=N–C) groups is 1. The van der Waals surface area contributed by atoms with Crippen LogP contribution in [-0.2, 0) is 15.3 Å². The van der Waals surface area contributed by atoms with Gasteiger partial charge in [0.05, 0.1) is 18.1 Å². The fourth-order valence-electron chi connectivity index (χ4n) is 2.93. The molecule has 8 heteroatoms. The van der Waals surface area contributed by atoms with E-state index >= 15 is 0 Å². The van der Waals surface area contributed by atoms with Crippen LogP contribution in [0.25, 0.3) is 0 Å². The lowest BCUT2D eigenvalue weighted by atomic mass is 9.85. The van der Waals surface area contributed by atoms with Crippen molar-refractivity contribution < 1.29 is 12.8 Å². The topological polar surface area (TPSA) is 73.8 Å². The number of halogens is 1. The minimum Gasteiger partial charge on any atom is -0.357 e. The van der Waals surface area contributed by atoms with Gasteiger partial charge in [0.25, 0.3) is 0 Å². The first kappa shape index (κ1) is 21.6. The molecule has 0 spiro atoms. The first-order valence-electron chi connectivity index (χ1n) is 9.43. The van der Waals surface area contributed by atoms with Gasteiger partial charge in [0, 0.05) is 38.1 Å². The lowest BCUT2D eigenvalue weighted by Gasteiger charge is -2.27. The van der Waals surface area contributed by atoms with E-state index in [0.717, 1.165) is 18.7 Å². The second kappa shape index (κ2) is 9.50. The molecule has 6 nitrogen and oxygen atoms in total. The van der Waals surface area contributed by atoms with Crippen LogP contribution in [0, 0.1) is 5.82 Å². The maximum atomic E-state index is 13.5. The van der Waals surface area contributed by atoms with Crippen LogP contribution in [0.3, 0.4) is 0 Å². The highest BCUT2D eigenvalue weighted by Crippen LogP contribution is 2.24. The molecule has 2 N–H and O–H groups in total. The zero-order chi connectivity index (χ0) is 19.9. The van der Waals surface area contributed by atoms with Gasteiger partial charge in [-0.2, -0.15) is 0 Å². The van der Waals surface area contributed by atoms with Crippen molar-refractivity contribution in [1.82, 2.24) is 15.5 Å². The molecule has 0 radical (unpaired) electrons. The molecule has 0 atom stereocenters. The Morgan fingerprint density at radius 3 is 2.59 bits per heavy atom. The predicted octanol–water partition coefficient (Wildman–Crippen LogP) is 1.39. The Morgan fingerprint density at radius 1 is 1.26 bits per heavy atom. The molecule has 27 heavy (non-hydrogen) atoms. The van der Waals surface area contributed by atoms with Gasteiger partial charge < -0.3 is 10.6 Å². The highest BCUT2D eigenvalue weighted by molar-refractivity contribution is 7.91. The summed E-state index contributed by atoms with van der Waals surface area (Å²) in [5.74, 6) is 0.955. The van der Waals surface area contributed by atoms with Crippen LogP contribution in [0.15, 0.2) is 29.3 Å². The molecule has 1 aliphatic heterocycles. The van der Waals surface area contributed by atoms with E-state index in [2.05, 4.69) is 20.5 Å². The van der Waals surface area contributed by atoms with E-state index in [1.807, 2.05) is 26.8 Å². The maximum Gasteiger partial charge on any atom is 0.191 e. The third-order valence-corrected chi connectivity index (χ3v) is 6.35. The summed E-state index contributed by atoms with van der Waals surface area (Å²) in [6.07, 6.45) is 0. The molecule has 1 saturated heterocycles. The zero-order valence-corrected chi connectivity index (χ0v) is 17.3. The van der Waals surface area contributed by atoms with Gasteiger partial charge in [0.1, 0.15) is 5.82 Å². The van der Waals surface area contributed by atoms with Crippen LogP contribution < -0.4 is 10.6 Å². The Morgan fingerprint density at radius 2 is 1.96 bits per heavy atom. The van der Waals surface area contributed by atoms with Crippen LogP contribution in [-0.4, -0.2) is 70.1 Å². The van der Waals surface area contributed by atoms with Crippen molar-refractivity contribution in [3.63, 3.8) is 0 Å². The standard InChI is InChI=1S/C19H31FN4O2S/c1-4-21-18(22-8-9-24-10-12-27(25,26)13-11-24)23-15-19(2,3)16-6-5-7-17(20)14-16/h5-7,14H,4,8-13,15H2,1-3H3,(H2,21,22,23). The fraction of sp³-hybridized carbons (Fsp3) is 0.632. The van der Waals surface area contributed by atoms with Gasteiger partial charge in [0.15, 0.2) is 15.8 Å². The molecule has 0 saturated carbocycles. The summed E-state index contributed by atoms with van der Waals surface area (Å²) in [5.41, 5.74) is 0.628. The molecule has 0 aliphatic carbocycles. The van der Waals surface area contributed by atoms with Gasteiger partial charge in [-0.1, -0.05) is 26.0 Å². The molecule has 0 unspecified atom stereocenters. The fourth-order valence-corrected chi connectivity index (χ4v) is 4.20. The van der Waals surface area contributed by atoms with Crippen molar-refractivity contribution in [2.75, 3.05) is 50.8 Å². The van der Waals surface area contributed by atoms with Crippen molar-refractivity contribution in [1.29, 1.82) is 0 Å². The van der Waals surface area contributed by atoms with Gasteiger partial charge in [-0.3, -0.25) is 9.89 Å². The van der Waals surface area contributed by atoms with Gasteiger partial charge in [0.2, 0.25) is 0 Å². The van der Waals surface area contributed by atoms with Crippen LogP contribution in [0.5, 0.6) is 0 Å². The summed E-state index contributed by atoms with van der Waals surface area (Å²) >= 11 is 0. The number of hydrogen-bond acceptors (Lipinski definition) is 4. The third-order valence-electron chi connectivity index (χ3n) is 4.74. The van der Waals surface area contributed by atoms with E-state index in [1.165, 1.54) is 6.07 Å². The molecule has 1 aliphatic rings. The van der Waals surface area contributed by atoms with E-state index in [-0.39, 0.29) is 22.7 Å². The Kier molecular flexibility index (Phi) is 7.61. The third kappa shape index (κ3) is 7.10. The minimum atomic E-state index is -2.84. The maximum absolute atomic E-state index is 13.5. The molecule has 0 aromatic heterocycles. The number of guanidine groups is 1. The molecule has 1 fully saturated rings. The molecular formula is C19H31FN4O2S. The largest absolute Gasteiger partial charge is 0.357 e. The van der Waals surface area contributed by atoms with Crippen molar-refractivity contribution in [2.24, 2.45) is 4.99 Å². The number of nitrogens with one attached hydrogen (secondary N) is 2. The van der Waals surface area contributed by atoms with Crippen LogP contribution in [0.2, 0.25) is 0 Å². The average molecular weight is 399 g/mol. The molecule has 1 aromatic rings. The molecular weight excluding hydrogens is 367 g/mol. The summed E-state index contributed by atoms with van der Waals surface area (Å²) in [4.78, 5) is 6.80. The van der Waals surface area contributed by atoms with Crippen LogP contribution in [0.1, 0.15) is 26.3 Å². The van der Waals surface area contributed by atoms with Gasteiger partial charge >= 0.3 is 0 Å². The number of benzene rings is 1. The molecule has 152 valence electrons. The molecule has 0 amide bonds. The van der Waals surface area contributed by atoms with Crippen LogP contribution >= 0.6 is 0 Å². The van der Waals surface area contributed by atoms with Crippen molar-refractivity contribution in [3.8, 4) is 0 Å². The Labute approximate surface area is 162 Å². The lowest BCUT2D eigenvalue weighted by molar-refractivity contribution is 0.299. The Balaban J connectivity index is 1.88. The smallest absolute Gasteiger partial charge is 0.191 e. The molecule has 1 heterocycles. The van der Waals surface area contributed by atoms with Crippen molar-refractivity contribution in [3.05, 3.63) is 35.6 Å². The average Bonchev–Trinajstić information content (AvgIpc) is 2.61.